The van der Waals surface area contributed by atoms with Crippen LogP contribution in [0.3, 0.4) is 0 Å². The van der Waals surface area contributed by atoms with E-state index in [1.807, 2.05) is 0 Å². The molecule has 0 aromatic carbocycles. The first kappa shape index (κ1) is 13.4. The SMILES string of the molecule is CCNC(CN1CCCCCC1CC)C1CC1. The van der Waals surface area contributed by atoms with E-state index in [2.05, 4.69) is 24.1 Å². The topological polar surface area (TPSA) is 15.3 Å². The van der Waals surface area contributed by atoms with E-state index in [1.165, 1.54) is 58.0 Å². The fraction of sp³-hybridized carbons (Fsp3) is 1.00. The second kappa shape index (κ2) is 6.75. The van der Waals surface area contributed by atoms with Gasteiger partial charge in [-0.25, -0.2) is 0 Å². The summed E-state index contributed by atoms with van der Waals surface area (Å²) in [4.78, 5) is 2.79. The number of nitrogens with zero attached hydrogens (tertiary/aromatic N) is 1. The maximum absolute atomic E-state index is 3.72. The van der Waals surface area contributed by atoms with Crippen molar-refractivity contribution < 1.29 is 0 Å². The quantitative estimate of drug-likeness (QED) is 0.765. The standard InChI is InChI=1S/C15H30N2/c1-3-14-8-6-5-7-11-17(14)12-15(16-4-2)13-9-10-13/h13-16H,3-12H2,1-2H3. The fourth-order valence-electron chi connectivity index (χ4n) is 3.33. The molecule has 1 saturated heterocycles. The number of likely N-dealkylation sites (N-methyl/N-ethyl adjacent to an activating group) is 1. The van der Waals surface area contributed by atoms with Crippen LogP contribution in [0.15, 0.2) is 0 Å². The van der Waals surface area contributed by atoms with Crippen LogP contribution in [0.4, 0.5) is 0 Å². The second-order valence-electron chi connectivity index (χ2n) is 5.91. The van der Waals surface area contributed by atoms with Gasteiger partial charge < -0.3 is 5.32 Å². The van der Waals surface area contributed by atoms with Gasteiger partial charge in [-0.1, -0.05) is 26.7 Å². The zero-order valence-electron chi connectivity index (χ0n) is 11.8. The minimum atomic E-state index is 0.771. The third kappa shape index (κ3) is 3.96. The van der Waals surface area contributed by atoms with Crippen LogP contribution in [-0.4, -0.2) is 36.6 Å². The lowest BCUT2D eigenvalue weighted by Crippen LogP contribution is -2.46. The first-order chi connectivity index (χ1) is 8.35. The Labute approximate surface area is 107 Å². The van der Waals surface area contributed by atoms with Gasteiger partial charge in [0.1, 0.15) is 0 Å². The lowest BCUT2D eigenvalue weighted by Gasteiger charge is -2.33. The summed E-state index contributed by atoms with van der Waals surface area (Å²) in [6, 6.07) is 1.63. The molecule has 0 bridgehead atoms. The molecular formula is C15H30N2. The average Bonchev–Trinajstić information content (AvgIpc) is 3.16. The Bertz CT molecular complexity index is 213. The van der Waals surface area contributed by atoms with Crippen molar-refractivity contribution in [1.82, 2.24) is 10.2 Å². The molecule has 0 aromatic heterocycles. The summed E-state index contributed by atoms with van der Waals surface area (Å²) in [6.07, 6.45) is 10.0. The molecule has 2 rings (SSSR count). The molecule has 1 heterocycles. The summed E-state index contributed by atoms with van der Waals surface area (Å²) < 4.78 is 0. The molecule has 2 heteroatoms. The van der Waals surface area contributed by atoms with Crippen LogP contribution in [-0.2, 0) is 0 Å². The third-order valence-electron chi connectivity index (χ3n) is 4.56. The van der Waals surface area contributed by atoms with Crippen LogP contribution in [0.25, 0.3) is 0 Å². The number of hydrogen-bond acceptors (Lipinski definition) is 2. The van der Waals surface area contributed by atoms with E-state index in [0.29, 0.717) is 0 Å². The smallest absolute Gasteiger partial charge is 0.0223 e. The van der Waals surface area contributed by atoms with Gasteiger partial charge in [0.15, 0.2) is 0 Å². The van der Waals surface area contributed by atoms with Crippen molar-refractivity contribution in [2.75, 3.05) is 19.6 Å². The molecule has 2 atom stereocenters. The predicted octanol–water partition coefficient (Wildman–Crippen LogP) is 3.03. The first-order valence-electron chi connectivity index (χ1n) is 7.82. The first-order valence-corrected chi connectivity index (χ1v) is 7.82. The molecule has 1 aliphatic heterocycles. The van der Waals surface area contributed by atoms with Gasteiger partial charge in [-0.15, -0.1) is 0 Å². The van der Waals surface area contributed by atoms with E-state index in [9.17, 15) is 0 Å². The van der Waals surface area contributed by atoms with E-state index < -0.39 is 0 Å². The van der Waals surface area contributed by atoms with Crippen molar-refractivity contribution in [2.45, 2.75) is 70.9 Å². The zero-order chi connectivity index (χ0) is 12.1. The highest BCUT2D eigenvalue weighted by atomic mass is 15.2. The van der Waals surface area contributed by atoms with Crippen molar-refractivity contribution in [3.63, 3.8) is 0 Å². The van der Waals surface area contributed by atoms with Gasteiger partial charge in [0.05, 0.1) is 0 Å². The molecule has 0 amide bonds. The molecule has 1 N–H and O–H groups in total. The molecule has 1 aliphatic carbocycles. The Morgan fingerprint density at radius 3 is 2.59 bits per heavy atom. The molecule has 2 unspecified atom stereocenters. The van der Waals surface area contributed by atoms with E-state index in [0.717, 1.165) is 24.5 Å². The average molecular weight is 238 g/mol. The second-order valence-corrected chi connectivity index (χ2v) is 5.91. The number of rotatable bonds is 6. The largest absolute Gasteiger partial charge is 0.313 e. The number of nitrogens with one attached hydrogen (secondary N) is 1. The molecule has 2 aliphatic rings. The van der Waals surface area contributed by atoms with Crippen LogP contribution < -0.4 is 5.32 Å². The number of hydrogen-bond donors (Lipinski definition) is 1. The Hall–Kier alpha value is -0.0800. The molecule has 100 valence electrons. The van der Waals surface area contributed by atoms with Crippen LogP contribution in [0.1, 0.15) is 58.8 Å². The summed E-state index contributed by atoms with van der Waals surface area (Å²) in [7, 11) is 0. The summed E-state index contributed by atoms with van der Waals surface area (Å²) in [5.74, 6) is 0.982. The van der Waals surface area contributed by atoms with Crippen LogP contribution >= 0.6 is 0 Å². The van der Waals surface area contributed by atoms with Gasteiger partial charge >= 0.3 is 0 Å². The van der Waals surface area contributed by atoms with E-state index in [4.69, 9.17) is 0 Å². The lowest BCUT2D eigenvalue weighted by molar-refractivity contribution is 0.168. The summed E-state index contributed by atoms with van der Waals surface area (Å²) in [6.45, 7) is 8.38. The van der Waals surface area contributed by atoms with E-state index in [1.54, 1.807) is 0 Å². The van der Waals surface area contributed by atoms with Crippen molar-refractivity contribution in [2.24, 2.45) is 5.92 Å². The minimum absolute atomic E-state index is 0.771. The molecule has 0 aromatic rings. The summed E-state index contributed by atoms with van der Waals surface area (Å²) >= 11 is 0. The summed E-state index contributed by atoms with van der Waals surface area (Å²) in [5, 5.41) is 3.72. The van der Waals surface area contributed by atoms with Crippen molar-refractivity contribution >= 4 is 0 Å². The van der Waals surface area contributed by atoms with Gasteiger partial charge in [0, 0.05) is 18.6 Å². The van der Waals surface area contributed by atoms with Crippen LogP contribution in [0.5, 0.6) is 0 Å². The maximum atomic E-state index is 3.72. The van der Waals surface area contributed by atoms with E-state index >= 15 is 0 Å². The fourth-order valence-corrected chi connectivity index (χ4v) is 3.33. The van der Waals surface area contributed by atoms with Crippen LogP contribution in [0, 0.1) is 5.92 Å². The molecular weight excluding hydrogens is 208 g/mol. The molecule has 1 saturated carbocycles. The molecule has 0 radical (unpaired) electrons. The van der Waals surface area contributed by atoms with Crippen molar-refractivity contribution in [3.8, 4) is 0 Å². The molecule has 17 heavy (non-hydrogen) atoms. The predicted molar refractivity (Wildman–Crippen MR) is 74.3 cm³/mol. The Balaban J connectivity index is 1.88. The lowest BCUT2D eigenvalue weighted by atomic mass is 10.1. The van der Waals surface area contributed by atoms with Gasteiger partial charge in [-0.2, -0.15) is 0 Å². The normalized spacial score (nSPS) is 28.9. The maximum Gasteiger partial charge on any atom is 0.0223 e. The molecule has 0 spiro atoms. The Morgan fingerprint density at radius 2 is 1.94 bits per heavy atom. The van der Waals surface area contributed by atoms with Crippen molar-refractivity contribution in [1.29, 1.82) is 0 Å². The van der Waals surface area contributed by atoms with Crippen molar-refractivity contribution in [3.05, 3.63) is 0 Å². The van der Waals surface area contributed by atoms with Gasteiger partial charge in [-0.3, -0.25) is 4.90 Å². The van der Waals surface area contributed by atoms with Gasteiger partial charge in [-0.05, 0) is 51.1 Å². The third-order valence-corrected chi connectivity index (χ3v) is 4.56. The van der Waals surface area contributed by atoms with E-state index in [-0.39, 0.29) is 0 Å². The van der Waals surface area contributed by atoms with Gasteiger partial charge in [0.25, 0.3) is 0 Å². The highest BCUT2D eigenvalue weighted by molar-refractivity contribution is 4.90. The zero-order valence-corrected chi connectivity index (χ0v) is 11.8. The summed E-state index contributed by atoms with van der Waals surface area (Å²) in [5.41, 5.74) is 0. The molecule has 2 fully saturated rings. The highest BCUT2D eigenvalue weighted by Gasteiger charge is 2.33. The number of likely N-dealkylation sites (tertiary alicyclic amines) is 1. The molecule has 2 nitrogen and oxygen atoms in total. The monoisotopic (exact) mass is 238 g/mol. The minimum Gasteiger partial charge on any atom is -0.313 e. The Morgan fingerprint density at radius 1 is 1.12 bits per heavy atom. The highest BCUT2D eigenvalue weighted by Crippen LogP contribution is 2.33. The Kier molecular flexibility index (Phi) is 5.30. The van der Waals surface area contributed by atoms with Crippen LogP contribution in [0.2, 0.25) is 0 Å². The van der Waals surface area contributed by atoms with Gasteiger partial charge in [0.2, 0.25) is 0 Å².